The summed E-state index contributed by atoms with van der Waals surface area (Å²) < 4.78 is 83.3. The van der Waals surface area contributed by atoms with Crippen molar-refractivity contribution in [1.29, 1.82) is 0 Å². The molecule has 0 bridgehead atoms. The zero-order valence-corrected chi connectivity index (χ0v) is 19.8. The van der Waals surface area contributed by atoms with Gasteiger partial charge in [-0.25, -0.2) is 21.6 Å². The predicted molar refractivity (Wildman–Crippen MR) is 119 cm³/mol. The van der Waals surface area contributed by atoms with E-state index in [-0.39, 0.29) is 16.6 Å². The van der Waals surface area contributed by atoms with Crippen molar-refractivity contribution >= 4 is 25.8 Å². The first kappa shape index (κ1) is 27.8. The first-order valence-electron chi connectivity index (χ1n) is 9.98. The molecule has 0 spiro atoms. The van der Waals surface area contributed by atoms with Gasteiger partial charge < -0.3 is 10.8 Å². The molecule has 0 amide bonds. The Labute approximate surface area is 196 Å². The Morgan fingerprint density at radius 1 is 1.06 bits per heavy atom. The fraction of sp³-hybridized carbons (Fsp3) is 0.381. The number of nitrogens with two attached hydrogens (primary N) is 1. The molecule has 1 aliphatic rings. The average molecular weight is 523 g/mol. The van der Waals surface area contributed by atoms with Gasteiger partial charge in [0.2, 0.25) is 10.0 Å². The third-order valence-electron chi connectivity index (χ3n) is 5.23. The number of carboxylic acid groups (broad SMARTS) is 1. The number of sulfonamides is 1. The first-order valence-corrected chi connectivity index (χ1v) is 13.5. The Morgan fingerprint density at radius 3 is 2.03 bits per heavy atom. The second kappa shape index (κ2) is 10.8. The van der Waals surface area contributed by atoms with Crippen LogP contribution in [0.2, 0.25) is 0 Å². The van der Waals surface area contributed by atoms with Crippen molar-refractivity contribution in [1.82, 2.24) is 4.31 Å². The number of alkyl halides is 3. The summed E-state index contributed by atoms with van der Waals surface area (Å²) in [6, 6.07) is 15.5. The number of aliphatic carboxylic acids is 1. The maximum Gasteiger partial charge on any atom is 0.490 e. The summed E-state index contributed by atoms with van der Waals surface area (Å²) in [5.41, 5.74) is 7.43. The van der Waals surface area contributed by atoms with Gasteiger partial charge in [-0.3, -0.25) is 0 Å². The first-order chi connectivity index (χ1) is 15.6. The Morgan fingerprint density at radius 2 is 1.59 bits per heavy atom. The van der Waals surface area contributed by atoms with Gasteiger partial charge in [0, 0.05) is 19.1 Å². The third kappa shape index (κ3) is 7.52. The second-order valence-corrected chi connectivity index (χ2v) is 11.7. The minimum Gasteiger partial charge on any atom is -0.475 e. The van der Waals surface area contributed by atoms with Crippen LogP contribution in [0.1, 0.15) is 23.5 Å². The molecular formula is C21H25F3N2O6S2. The Balaban J connectivity index is 0.000000509. The van der Waals surface area contributed by atoms with E-state index in [1.807, 2.05) is 30.3 Å². The summed E-state index contributed by atoms with van der Waals surface area (Å²) in [6.45, 7) is 0.638. The molecule has 1 fully saturated rings. The van der Waals surface area contributed by atoms with Crippen LogP contribution in [0, 0.1) is 0 Å². The van der Waals surface area contributed by atoms with Crippen LogP contribution < -0.4 is 5.73 Å². The minimum absolute atomic E-state index is 0.0132. The van der Waals surface area contributed by atoms with Crippen molar-refractivity contribution in [2.24, 2.45) is 5.73 Å². The molecule has 0 aliphatic carbocycles. The molecule has 2 aromatic rings. The van der Waals surface area contributed by atoms with E-state index in [1.54, 1.807) is 12.1 Å². The fourth-order valence-electron chi connectivity index (χ4n) is 3.59. The monoisotopic (exact) mass is 522 g/mol. The average Bonchev–Trinajstić information content (AvgIpc) is 3.18. The van der Waals surface area contributed by atoms with E-state index in [4.69, 9.17) is 15.6 Å². The van der Waals surface area contributed by atoms with Gasteiger partial charge in [0.05, 0.1) is 16.9 Å². The van der Waals surface area contributed by atoms with E-state index in [0.29, 0.717) is 19.5 Å². The van der Waals surface area contributed by atoms with E-state index in [0.717, 1.165) is 17.4 Å². The third-order valence-corrected chi connectivity index (χ3v) is 8.35. The molecule has 0 aromatic heterocycles. The van der Waals surface area contributed by atoms with Gasteiger partial charge in [0.25, 0.3) is 0 Å². The zero-order valence-electron chi connectivity index (χ0n) is 18.1. The molecule has 34 heavy (non-hydrogen) atoms. The van der Waals surface area contributed by atoms with Crippen LogP contribution in [0.25, 0.3) is 0 Å². The lowest BCUT2D eigenvalue weighted by atomic mass is 9.97. The van der Waals surface area contributed by atoms with Crippen LogP contribution >= 0.6 is 0 Å². The molecule has 1 saturated heterocycles. The maximum atomic E-state index is 12.9. The zero-order chi connectivity index (χ0) is 25.7. The highest BCUT2D eigenvalue weighted by Gasteiger charge is 2.40. The molecule has 8 nitrogen and oxygen atoms in total. The molecule has 1 heterocycles. The predicted octanol–water partition coefficient (Wildman–Crippen LogP) is 2.37. The molecule has 188 valence electrons. The molecule has 2 aromatic carbocycles. The van der Waals surface area contributed by atoms with Crippen LogP contribution in [0.3, 0.4) is 0 Å². The van der Waals surface area contributed by atoms with Gasteiger partial charge in [-0.1, -0.05) is 42.5 Å². The van der Waals surface area contributed by atoms with Crippen molar-refractivity contribution in [2.75, 3.05) is 18.6 Å². The van der Waals surface area contributed by atoms with Crippen molar-refractivity contribution < 1.29 is 39.9 Å². The molecule has 0 radical (unpaired) electrons. The number of nitrogens with zero attached hydrogens (tertiary/aromatic N) is 1. The Kier molecular flexibility index (Phi) is 8.86. The van der Waals surface area contributed by atoms with E-state index in [1.165, 1.54) is 16.4 Å². The van der Waals surface area contributed by atoms with E-state index in [9.17, 15) is 30.0 Å². The lowest BCUT2D eigenvalue weighted by Gasteiger charge is -2.21. The summed E-state index contributed by atoms with van der Waals surface area (Å²) >= 11 is 0. The highest BCUT2D eigenvalue weighted by atomic mass is 32.2. The molecule has 1 aliphatic heterocycles. The smallest absolute Gasteiger partial charge is 0.475 e. The van der Waals surface area contributed by atoms with Crippen LogP contribution in [-0.4, -0.2) is 63.0 Å². The second-order valence-electron chi connectivity index (χ2n) is 7.76. The van der Waals surface area contributed by atoms with Crippen LogP contribution in [0.15, 0.2) is 59.5 Å². The molecule has 13 heteroatoms. The molecule has 0 saturated carbocycles. The highest BCUT2D eigenvalue weighted by Crippen LogP contribution is 2.34. The maximum absolute atomic E-state index is 12.9. The topological polar surface area (TPSA) is 135 Å². The standard InChI is InChI=1S/C19H24N2O4S2.C2HF3O2/c1-26(22,23)21-13-17(16-5-3-2-4-6-16)11-18(21)14-27(24,25)19-9-7-15(12-20)8-10-19;3-2(4,5)1(6)7/h2-10,17-18H,11-14,20H2,1H3;(H,6,7). The van der Waals surface area contributed by atoms with Gasteiger partial charge in [-0.2, -0.15) is 17.5 Å². The molecular weight excluding hydrogens is 497 g/mol. The van der Waals surface area contributed by atoms with Crippen molar-refractivity contribution in [3.8, 4) is 0 Å². The number of carboxylic acids is 1. The lowest BCUT2D eigenvalue weighted by molar-refractivity contribution is -0.192. The van der Waals surface area contributed by atoms with Gasteiger partial charge in [0.1, 0.15) is 0 Å². The van der Waals surface area contributed by atoms with Crippen LogP contribution in [0.5, 0.6) is 0 Å². The van der Waals surface area contributed by atoms with Gasteiger partial charge in [-0.05, 0) is 35.6 Å². The van der Waals surface area contributed by atoms with E-state index in [2.05, 4.69) is 0 Å². The summed E-state index contributed by atoms with van der Waals surface area (Å²) in [6.07, 6.45) is -3.47. The Bertz CT molecular complexity index is 1190. The van der Waals surface area contributed by atoms with E-state index >= 15 is 0 Å². The minimum atomic E-state index is -5.08. The highest BCUT2D eigenvalue weighted by molar-refractivity contribution is 7.91. The van der Waals surface area contributed by atoms with Gasteiger partial charge in [0.15, 0.2) is 9.84 Å². The van der Waals surface area contributed by atoms with Crippen molar-refractivity contribution in [2.45, 2.75) is 36.0 Å². The molecule has 3 rings (SSSR count). The summed E-state index contributed by atoms with van der Waals surface area (Å²) in [4.78, 5) is 9.09. The van der Waals surface area contributed by atoms with Crippen LogP contribution in [0.4, 0.5) is 13.2 Å². The Hall–Kier alpha value is -2.48. The fourth-order valence-corrected chi connectivity index (χ4v) is 6.41. The summed E-state index contributed by atoms with van der Waals surface area (Å²) in [5, 5.41) is 7.12. The molecule has 2 unspecified atom stereocenters. The summed E-state index contributed by atoms with van der Waals surface area (Å²) in [7, 11) is -7.12. The number of hydrogen-bond donors (Lipinski definition) is 2. The van der Waals surface area contributed by atoms with E-state index < -0.39 is 38.0 Å². The number of carbonyl (C=O) groups is 1. The molecule has 2 atom stereocenters. The number of hydrogen-bond acceptors (Lipinski definition) is 6. The van der Waals surface area contributed by atoms with Crippen molar-refractivity contribution in [3.05, 3.63) is 65.7 Å². The number of sulfone groups is 1. The quantitative estimate of drug-likeness (QED) is 0.595. The molecule has 3 N–H and O–H groups in total. The largest absolute Gasteiger partial charge is 0.490 e. The van der Waals surface area contributed by atoms with Crippen molar-refractivity contribution in [3.63, 3.8) is 0 Å². The van der Waals surface area contributed by atoms with Crippen LogP contribution in [-0.2, 0) is 31.2 Å². The van der Waals surface area contributed by atoms with Gasteiger partial charge >= 0.3 is 12.1 Å². The van der Waals surface area contributed by atoms with Gasteiger partial charge in [-0.15, -0.1) is 0 Å². The number of benzene rings is 2. The SMILES string of the molecule is CS(=O)(=O)N1CC(c2ccccc2)CC1CS(=O)(=O)c1ccc(CN)cc1.O=C(O)C(F)(F)F. The number of halogens is 3. The normalized spacial score (nSPS) is 19.3. The summed E-state index contributed by atoms with van der Waals surface area (Å²) in [5.74, 6) is -3.00. The lowest BCUT2D eigenvalue weighted by Crippen LogP contribution is -2.39. The number of rotatable bonds is 6.